The predicted molar refractivity (Wildman–Crippen MR) is 185 cm³/mol. The first-order valence-electron chi connectivity index (χ1n) is 16.2. The Balaban J connectivity index is 1.25. The number of esters is 1. The molecule has 0 aliphatic heterocycles. The topological polar surface area (TPSA) is 155 Å². The largest absolute Gasteiger partial charge is 0.494 e. The van der Waals surface area contributed by atoms with Crippen molar-refractivity contribution >= 4 is 29.4 Å². The zero-order valence-electron chi connectivity index (χ0n) is 27.3. The number of hydrogen-bond acceptors (Lipinski definition) is 7. The number of rotatable bonds is 17. The Bertz CT molecular complexity index is 1760. The summed E-state index contributed by atoms with van der Waals surface area (Å²) < 4.78 is 11.2. The van der Waals surface area contributed by atoms with Gasteiger partial charge >= 0.3 is 11.9 Å². The molecule has 1 unspecified atom stereocenters. The quantitative estimate of drug-likeness (QED) is 0.0639. The Hall–Kier alpha value is -5.95. The lowest BCUT2D eigenvalue weighted by atomic mass is 10.0. The molecule has 4 aromatic carbocycles. The Morgan fingerprint density at radius 3 is 2.14 bits per heavy atom. The van der Waals surface area contributed by atoms with Gasteiger partial charge < -0.3 is 25.2 Å². The van der Waals surface area contributed by atoms with Gasteiger partial charge in [-0.15, -0.1) is 0 Å². The highest BCUT2D eigenvalue weighted by Crippen LogP contribution is 2.19. The van der Waals surface area contributed by atoms with E-state index >= 15 is 0 Å². The number of ether oxygens (including phenoxy) is 2. The first kappa shape index (κ1) is 35.9. The van der Waals surface area contributed by atoms with Crippen LogP contribution in [0.4, 0.5) is 5.69 Å². The average Bonchev–Trinajstić information content (AvgIpc) is 3.10. The molecule has 10 nitrogen and oxygen atoms in total. The van der Waals surface area contributed by atoms with Crippen LogP contribution in [0.3, 0.4) is 0 Å². The van der Waals surface area contributed by atoms with Crippen LogP contribution < -0.4 is 20.1 Å². The van der Waals surface area contributed by atoms with Crippen molar-refractivity contribution in [1.82, 2.24) is 5.32 Å². The van der Waals surface area contributed by atoms with Gasteiger partial charge in [0.15, 0.2) is 0 Å². The van der Waals surface area contributed by atoms with Crippen LogP contribution in [-0.2, 0) is 22.4 Å². The van der Waals surface area contributed by atoms with Gasteiger partial charge in [-0.05, 0) is 90.3 Å². The van der Waals surface area contributed by atoms with Crippen molar-refractivity contribution in [3.05, 3.63) is 125 Å². The molecular weight excluding hydrogens is 622 g/mol. The van der Waals surface area contributed by atoms with Crippen LogP contribution in [0.1, 0.15) is 76.4 Å². The molecule has 0 aromatic heterocycles. The monoisotopic (exact) mass is 661 g/mol. The molecule has 0 radical (unpaired) electrons. The fourth-order valence-corrected chi connectivity index (χ4v) is 4.97. The van der Waals surface area contributed by atoms with Crippen LogP contribution >= 0.6 is 0 Å². The van der Waals surface area contributed by atoms with Crippen LogP contribution in [-0.4, -0.2) is 41.5 Å². The molecule has 1 atom stereocenters. The van der Waals surface area contributed by atoms with E-state index in [-0.39, 0.29) is 24.3 Å². The Labute approximate surface area is 285 Å². The molecule has 0 fully saturated rings. The molecule has 2 amide bonds. The molecule has 0 aliphatic rings. The van der Waals surface area contributed by atoms with Gasteiger partial charge in [0.2, 0.25) is 5.91 Å². The summed E-state index contributed by atoms with van der Waals surface area (Å²) in [6.45, 7) is 2.81. The van der Waals surface area contributed by atoms with Gasteiger partial charge in [0, 0.05) is 17.7 Å². The van der Waals surface area contributed by atoms with E-state index in [0.717, 1.165) is 12.8 Å². The van der Waals surface area contributed by atoms with E-state index in [0.29, 0.717) is 46.0 Å². The van der Waals surface area contributed by atoms with Crippen molar-refractivity contribution in [2.24, 2.45) is 0 Å². The molecule has 4 aromatic rings. The van der Waals surface area contributed by atoms with E-state index < -0.39 is 23.9 Å². The summed E-state index contributed by atoms with van der Waals surface area (Å²) in [5.41, 5.74) is 2.81. The number of carboxylic acids is 1. The van der Waals surface area contributed by atoms with Crippen LogP contribution in [0, 0.1) is 11.3 Å². The maximum atomic E-state index is 12.9. The van der Waals surface area contributed by atoms with E-state index in [2.05, 4.69) is 17.6 Å². The second kappa shape index (κ2) is 18.4. The maximum Gasteiger partial charge on any atom is 0.343 e. The number of nitriles is 1. The predicted octanol–water partition coefficient (Wildman–Crippen LogP) is 6.73. The lowest BCUT2D eigenvalue weighted by molar-refractivity contribution is -0.139. The van der Waals surface area contributed by atoms with Crippen molar-refractivity contribution < 1.29 is 33.8 Å². The normalized spacial score (nSPS) is 11.1. The summed E-state index contributed by atoms with van der Waals surface area (Å²) in [4.78, 5) is 49.9. The number of nitrogens with zero attached hydrogens (tertiary/aromatic N) is 1. The lowest BCUT2D eigenvalue weighted by Crippen LogP contribution is -2.42. The van der Waals surface area contributed by atoms with Crippen molar-refractivity contribution in [3.8, 4) is 17.6 Å². The molecular formula is C39H39N3O7. The molecule has 0 spiro atoms. The number of benzene rings is 4. The first-order valence-corrected chi connectivity index (χ1v) is 16.2. The summed E-state index contributed by atoms with van der Waals surface area (Å²) in [6.07, 6.45) is 5.81. The Morgan fingerprint density at radius 1 is 0.796 bits per heavy atom. The molecule has 3 N–H and O–H groups in total. The Morgan fingerprint density at radius 2 is 1.47 bits per heavy atom. The van der Waals surface area contributed by atoms with Crippen LogP contribution in [0.2, 0.25) is 0 Å². The minimum atomic E-state index is -1.22. The number of carbonyl (C=O) groups is 4. The number of aliphatic carboxylic acids is 1. The van der Waals surface area contributed by atoms with E-state index in [9.17, 15) is 24.3 Å². The summed E-state index contributed by atoms with van der Waals surface area (Å²) >= 11 is 0. The molecule has 0 saturated carbocycles. The standard InChI is InChI=1S/C39H39N3O7/c1-2-3-4-5-6-22-48-33-20-14-31(15-21-33)39(47)49-34-18-10-27(11-19-34)24-35(38(45)46)42-37(44)30-12-16-32(17-13-30)41-36(43)25-28-8-7-9-29(23-28)26-40/h7-21,23,35H,2-6,22,24-25H2,1H3,(H,41,43)(H,42,44)(H,45,46). The van der Waals surface area contributed by atoms with Crippen molar-refractivity contribution in [3.63, 3.8) is 0 Å². The fourth-order valence-electron chi connectivity index (χ4n) is 4.97. The third-order valence-electron chi connectivity index (χ3n) is 7.64. The number of anilines is 1. The van der Waals surface area contributed by atoms with Crippen molar-refractivity contribution in [2.45, 2.75) is 57.9 Å². The highest BCUT2D eigenvalue weighted by atomic mass is 16.5. The number of carbonyl (C=O) groups excluding carboxylic acids is 3. The third-order valence-corrected chi connectivity index (χ3v) is 7.64. The Kier molecular flexibility index (Phi) is 13.5. The second-order valence-electron chi connectivity index (χ2n) is 11.5. The minimum Gasteiger partial charge on any atom is -0.494 e. The number of carboxylic acid groups (broad SMARTS) is 1. The molecule has 10 heteroatoms. The van der Waals surface area contributed by atoms with Gasteiger partial charge in [-0.3, -0.25) is 9.59 Å². The molecule has 0 heterocycles. The van der Waals surface area contributed by atoms with E-state index in [1.165, 1.54) is 31.4 Å². The van der Waals surface area contributed by atoms with Gasteiger partial charge in [-0.2, -0.15) is 5.26 Å². The smallest absolute Gasteiger partial charge is 0.343 e. The molecule has 4 rings (SSSR count). The number of unbranched alkanes of at least 4 members (excludes halogenated alkanes) is 4. The number of amides is 2. The van der Waals surface area contributed by atoms with Gasteiger partial charge in [0.1, 0.15) is 17.5 Å². The SMILES string of the molecule is CCCCCCCOc1ccc(C(=O)Oc2ccc(CC(NC(=O)c3ccc(NC(=O)Cc4cccc(C#N)c4)cc3)C(=O)O)cc2)cc1. The van der Waals surface area contributed by atoms with Crippen LogP contribution in [0.25, 0.3) is 0 Å². The van der Waals surface area contributed by atoms with Crippen molar-refractivity contribution in [2.75, 3.05) is 11.9 Å². The summed E-state index contributed by atoms with van der Waals surface area (Å²) in [5.74, 6) is -1.65. The van der Waals surface area contributed by atoms with Gasteiger partial charge in [-0.25, -0.2) is 9.59 Å². The molecule has 49 heavy (non-hydrogen) atoms. The summed E-state index contributed by atoms with van der Waals surface area (Å²) in [6, 6.07) is 26.8. The number of nitrogens with one attached hydrogen (secondary N) is 2. The van der Waals surface area contributed by atoms with E-state index in [1.54, 1.807) is 84.9 Å². The maximum absolute atomic E-state index is 12.9. The highest BCUT2D eigenvalue weighted by molar-refractivity contribution is 5.98. The average molecular weight is 662 g/mol. The second-order valence-corrected chi connectivity index (χ2v) is 11.5. The first-order chi connectivity index (χ1) is 23.7. The zero-order chi connectivity index (χ0) is 35.0. The van der Waals surface area contributed by atoms with Crippen LogP contribution in [0.5, 0.6) is 11.5 Å². The van der Waals surface area contributed by atoms with Gasteiger partial charge in [-0.1, -0.05) is 56.9 Å². The number of hydrogen-bond donors (Lipinski definition) is 3. The van der Waals surface area contributed by atoms with Gasteiger partial charge in [0.25, 0.3) is 5.91 Å². The van der Waals surface area contributed by atoms with E-state index in [4.69, 9.17) is 14.7 Å². The lowest BCUT2D eigenvalue weighted by Gasteiger charge is -2.15. The molecule has 252 valence electrons. The van der Waals surface area contributed by atoms with Crippen LogP contribution in [0.15, 0.2) is 97.1 Å². The molecule has 0 bridgehead atoms. The molecule has 0 aliphatic carbocycles. The highest BCUT2D eigenvalue weighted by Gasteiger charge is 2.21. The van der Waals surface area contributed by atoms with E-state index in [1.807, 2.05) is 6.07 Å². The van der Waals surface area contributed by atoms with Gasteiger partial charge in [0.05, 0.1) is 30.2 Å². The van der Waals surface area contributed by atoms with Crippen molar-refractivity contribution in [1.29, 1.82) is 5.26 Å². The summed E-state index contributed by atoms with van der Waals surface area (Å²) in [7, 11) is 0. The third kappa shape index (κ3) is 11.7. The fraction of sp³-hybridized carbons (Fsp3) is 0.256. The zero-order valence-corrected chi connectivity index (χ0v) is 27.3. The summed E-state index contributed by atoms with van der Waals surface area (Å²) in [5, 5.41) is 24.1. The molecule has 0 saturated heterocycles. The minimum absolute atomic E-state index is 0.00346.